The fourth-order valence-corrected chi connectivity index (χ4v) is 2.45. The van der Waals surface area contributed by atoms with Crippen LogP contribution in [0.4, 0.5) is 4.39 Å². The first-order valence-electron chi connectivity index (χ1n) is 7.25. The molecule has 3 heteroatoms. The Morgan fingerprint density at radius 3 is 2.38 bits per heavy atom. The van der Waals surface area contributed by atoms with Crippen molar-refractivity contribution in [3.05, 3.63) is 65.0 Å². The number of hydrogen-bond acceptors (Lipinski definition) is 2. The fourth-order valence-electron chi connectivity index (χ4n) is 2.45. The van der Waals surface area contributed by atoms with Gasteiger partial charge in [0, 0.05) is 12.1 Å². The molecule has 0 bridgehead atoms. The van der Waals surface area contributed by atoms with Crippen LogP contribution in [-0.4, -0.2) is 11.1 Å². The number of benzene rings is 2. The zero-order chi connectivity index (χ0) is 15.4. The van der Waals surface area contributed by atoms with Crippen LogP contribution in [0, 0.1) is 12.7 Å². The van der Waals surface area contributed by atoms with Gasteiger partial charge in [-0.1, -0.05) is 24.3 Å². The molecule has 0 radical (unpaired) electrons. The molecule has 0 aromatic heterocycles. The lowest BCUT2D eigenvalue weighted by molar-refractivity contribution is 0.469. The maximum absolute atomic E-state index is 13.6. The van der Waals surface area contributed by atoms with E-state index in [-0.39, 0.29) is 23.7 Å². The third kappa shape index (κ3) is 4.30. The van der Waals surface area contributed by atoms with Crippen molar-refractivity contribution in [1.29, 1.82) is 0 Å². The average molecular weight is 287 g/mol. The van der Waals surface area contributed by atoms with Gasteiger partial charge in [-0.3, -0.25) is 0 Å². The quantitative estimate of drug-likeness (QED) is 0.867. The van der Waals surface area contributed by atoms with Gasteiger partial charge in [-0.2, -0.15) is 0 Å². The molecule has 0 heterocycles. The Bertz CT molecular complexity index is 595. The summed E-state index contributed by atoms with van der Waals surface area (Å²) in [5, 5.41) is 12.8. The Labute approximate surface area is 125 Å². The van der Waals surface area contributed by atoms with E-state index in [9.17, 15) is 9.50 Å². The van der Waals surface area contributed by atoms with Gasteiger partial charge in [0.1, 0.15) is 11.6 Å². The molecule has 0 spiro atoms. The first kappa shape index (κ1) is 15.5. The first-order valence-corrected chi connectivity index (χ1v) is 7.25. The summed E-state index contributed by atoms with van der Waals surface area (Å²) in [7, 11) is 0. The Balaban J connectivity index is 1.96. The molecule has 2 rings (SSSR count). The average Bonchev–Trinajstić information content (AvgIpc) is 2.44. The molecule has 2 aromatic carbocycles. The van der Waals surface area contributed by atoms with Gasteiger partial charge in [-0.15, -0.1) is 0 Å². The van der Waals surface area contributed by atoms with Crippen molar-refractivity contribution in [2.24, 2.45) is 0 Å². The number of phenolic OH excluding ortho intramolecular Hbond substituents is 1. The van der Waals surface area contributed by atoms with E-state index < -0.39 is 0 Å². The second kappa shape index (κ2) is 6.72. The largest absolute Gasteiger partial charge is 0.508 e. The van der Waals surface area contributed by atoms with Crippen molar-refractivity contribution in [1.82, 2.24) is 5.32 Å². The maximum Gasteiger partial charge on any atom is 0.126 e. The molecule has 112 valence electrons. The van der Waals surface area contributed by atoms with E-state index in [1.165, 1.54) is 0 Å². The van der Waals surface area contributed by atoms with E-state index in [4.69, 9.17) is 0 Å². The van der Waals surface area contributed by atoms with Gasteiger partial charge in [-0.05, 0) is 62.1 Å². The van der Waals surface area contributed by atoms with Gasteiger partial charge in [0.2, 0.25) is 0 Å². The third-order valence-electron chi connectivity index (χ3n) is 3.71. The summed E-state index contributed by atoms with van der Waals surface area (Å²) in [6.07, 6.45) is 0.860. The Morgan fingerprint density at radius 2 is 1.76 bits per heavy atom. The van der Waals surface area contributed by atoms with Crippen molar-refractivity contribution in [2.75, 3.05) is 0 Å². The second-order valence-electron chi connectivity index (χ2n) is 5.67. The Hall–Kier alpha value is -1.87. The SMILES string of the molecule is Cc1ccc(C(C)NC(C)Cc2ccc(O)cc2)cc1F. The molecular formula is C18H22FNO. The number of nitrogens with one attached hydrogen (secondary N) is 1. The molecule has 0 fully saturated rings. The first-order chi connectivity index (χ1) is 9.95. The lowest BCUT2D eigenvalue weighted by Crippen LogP contribution is -2.30. The number of rotatable bonds is 5. The molecular weight excluding hydrogens is 265 g/mol. The van der Waals surface area contributed by atoms with Crippen LogP contribution < -0.4 is 5.32 Å². The van der Waals surface area contributed by atoms with Gasteiger partial charge in [0.15, 0.2) is 0 Å². The van der Waals surface area contributed by atoms with Crippen LogP contribution in [0.1, 0.15) is 36.6 Å². The fraction of sp³-hybridized carbons (Fsp3) is 0.333. The number of aryl methyl sites for hydroxylation is 1. The maximum atomic E-state index is 13.6. The molecule has 0 aliphatic heterocycles. The van der Waals surface area contributed by atoms with Crippen molar-refractivity contribution in [2.45, 2.75) is 39.3 Å². The lowest BCUT2D eigenvalue weighted by Gasteiger charge is -2.21. The summed E-state index contributed by atoms with van der Waals surface area (Å²) in [5.74, 6) is 0.121. The zero-order valence-electron chi connectivity index (χ0n) is 12.7. The summed E-state index contributed by atoms with van der Waals surface area (Å²) in [4.78, 5) is 0. The normalized spacial score (nSPS) is 13.9. The molecule has 2 aromatic rings. The van der Waals surface area contributed by atoms with Gasteiger partial charge in [0.05, 0.1) is 0 Å². The monoisotopic (exact) mass is 287 g/mol. The van der Waals surface area contributed by atoms with E-state index in [2.05, 4.69) is 12.2 Å². The predicted molar refractivity (Wildman–Crippen MR) is 84.0 cm³/mol. The highest BCUT2D eigenvalue weighted by molar-refractivity contribution is 5.27. The van der Waals surface area contributed by atoms with Crippen LogP contribution in [-0.2, 0) is 6.42 Å². The minimum atomic E-state index is -0.160. The number of aromatic hydroxyl groups is 1. The standard InChI is InChI=1S/C18H22FNO/c1-12-4-7-16(11-18(12)19)14(3)20-13(2)10-15-5-8-17(21)9-6-15/h4-9,11,13-14,20-21H,10H2,1-3H3. The van der Waals surface area contributed by atoms with Crippen molar-refractivity contribution in [3.8, 4) is 5.75 Å². The highest BCUT2D eigenvalue weighted by atomic mass is 19.1. The third-order valence-corrected chi connectivity index (χ3v) is 3.71. The van der Waals surface area contributed by atoms with Gasteiger partial charge in [-0.25, -0.2) is 4.39 Å². The lowest BCUT2D eigenvalue weighted by atomic mass is 10.0. The van der Waals surface area contributed by atoms with Crippen LogP contribution >= 0.6 is 0 Å². The predicted octanol–water partition coefficient (Wildman–Crippen LogP) is 4.12. The molecule has 2 atom stereocenters. The van der Waals surface area contributed by atoms with E-state index >= 15 is 0 Å². The van der Waals surface area contributed by atoms with Gasteiger partial charge < -0.3 is 10.4 Å². The molecule has 0 aliphatic rings. The summed E-state index contributed by atoms with van der Waals surface area (Å²) in [6, 6.07) is 13.0. The Kier molecular flexibility index (Phi) is 4.97. The van der Waals surface area contributed by atoms with Gasteiger partial charge >= 0.3 is 0 Å². The van der Waals surface area contributed by atoms with E-state index in [0.717, 1.165) is 17.5 Å². The minimum absolute atomic E-state index is 0.0900. The molecule has 2 N–H and O–H groups in total. The molecule has 2 unspecified atom stereocenters. The highest BCUT2D eigenvalue weighted by Crippen LogP contribution is 2.18. The Morgan fingerprint density at radius 1 is 1.10 bits per heavy atom. The van der Waals surface area contributed by atoms with Crippen LogP contribution in [0.5, 0.6) is 5.75 Å². The molecule has 0 saturated carbocycles. The van der Waals surface area contributed by atoms with Crippen molar-refractivity contribution in [3.63, 3.8) is 0 Å². The van der Waals surface area contributed by atoms with E-state index in [1.54, 1.807) is 25.1 Å². The second-order valence-corrected chi connectivity index (χ2v) is 5.67. The summed E-state index contributed by atoms with van der Waals surface area (Å²) >= 11 is 0. The number of phenols is 1. The summed E-state index contributed by atoms with van der Waals surface area (Å²) < 4.78 is 13.6. The van der Waals surface area contributed by atoms with Crippen molar-refractivity contribution >= 4 is 0 Å². The molecule has 0 aliphatic carbocycles. The van der Waals surface area contributed by atoms with Crippen LogP contribution in [0.3, 0.4) is 0 Å². The topological polar surface area (TPSA) is 32.3 Å². The molecule has 0 saturated heterocycles. The highest BCUT2D eigenvalue weighted by Gasteiger charge is 2.11. The van der Waals surface area contributed by atoms with Crippen LogP contribution in [0.2, 0.25) is 0 Å². The van der Waals surface area contributed by atoms with Crippen LogP contribution in [0.15, 0.2) is 42.5 Å². The van der Waals surface area contributed by atoms with Crippen LogP contribution in [0.25, 0.3) is 0 Å². The van der Waals surface area contributed by atoms with E-state index in [1.807, 2.05) is 31.2 Å². The molecule has 21 heavy (non-hydrogen) atoms. The van der Waals surface area contributed by atoms with E-state index in [0.29, 0.717) is 5.56 Å². The summed E-state index contributed by atoms with van der Waals surface area (Å²) in [5.41, 5.74) is 2.79. The zero-order valence-corrected chi connectivity index (χ0v) is 12.7. The van der Waals surface area contributed by atoms with Gasteiger partial charge in [0.25, 0.3) is 0 Å². The smallest absolute Gasteiger partial charge is 0.126 e. The number of hydrogen-bond donors (Lipinski definition) is 2. The molecule has 2 nitrogen and oxygen atoms in total. The van der Waals surface area contributed by atoms with Crippen molar-refractivity contribution < 1.29 is 9.50 Å². The number of halogens is 1. The molecule has 0 amide bonds. The summed E-state index contributed by atoms with van der Waals surface area (Å²) in [6.45, 7) is 5.91. The minimum Gasteiger partial charge on any atom is -0.508 e.